The van der Waals surface area contributed by atoms with E-state index in [1.54, 1.807) is 31.4 Å². The van der Waals surface area contributed by atoms with Crippen molar-refractivity contribution in [1.29, 1.82) is 0 Å². The summed E-state index contributed by atoms with van der Waals surface area (Å²) in [4.78, 5) is 12.2. The van der Waals surface area contributed by atoms with Crippen LogP contribution in [0.15, 0.2) is 46.9 Å². The van der Waals surface area contributed by atoms with Crippen molar-refractivity contribution in [2.45, 2.75) is 6.92 Å². The smallest absolute Gasteiger partial charge is 0.255 e. The van der Waals surface area contributed by atoms with Crippen molar-refractivity contribution in [1.82, 2.24) is 0 Å². The van der Waals surface area contributed by atoms with Crippen molar-refractivity contribution in [2.24, 2.45) is 0 Å². The van der Waals surface area contributed by atoms with Crippen molar-refractivity contribution >= 4 is 27.5 Å². The number of nitrogens with one attached hydrogen (secondary N) is 1. The standard InChI is InChI=1S/C17H18BrNO3/c1-12-3-8-16(15(18)11-12)19-17(20)13-4-6-14(7-5-13)22-10-9-21-2/h3-8,11H,9-10H2,1-2H3,(H,19,20). The van der Waals surface area contributed by atoms with Crippen molar-refractivity contribution in [3.8, 4) is 5.75 Å². The lowest BCUT2D eigenvalue weighted by molar-refractivity contribution is 0.102. The van der Waals surface area contributed by atoms with Gasteiger partial charge in [0.25, 0.3) is 5.91 Å². The number of aryl methyl sites for hydroxylation is 1. The van der Waals surface area contributed by atoms with Crippen LogP contribution in [0.3, 0.4) is 0 Å². The average molecular weight is 364 g/mol. The maximum atomic E-state index is 12.2. The van der Waals surface area contributed by atoms with Crippen LogP contribution in [0, 0.1) is 6.92 Å². The largest absolute Gasteiger partial charge is 0.491 e. The molecule has 1 N–H and O–H groups in total. The van der Waals surface area contributed by atoms with E-state index in [2.05, 4.69) is 21.2 Å². The highest BCUT2D eigenvalue weighted by Crippen LogP contribution is 2.24. The fourth-order valence-electron chi connectivity index (χ4n) is 1.86. The minimum Gasteiger partial charge on any atom is -0.491 e. The monoisotopic (exact) mass is 363 g/mol. The molecule has 0 aliphatic carbocycles. The Morgan fingerprint density at radius 3 is 2.50 bits per heavy atom. The van der Waals surface area contributed by atoms with Crippen LogP contribution < -0.4 is 10.1 Å². The Morgan fingerprint density at radius 1 is 1.14 bits per heavy atom. The molecule has 2 aromatic carbocycles. The Labute approximate surface area is 138 Å². The van der Waals surface area contributed by atoms with Crippen LogP contribution in [0.5, 0.6) is 5.75 Å². The van der Waals surface area contributed by atoms with Crippen LogP contribution >= 0.6 is 15.9 Å². The lowest BCUT2D eigenvalue weighted by atomic mass is 10.2. The van der Waals surface area contributed by atoms with Crippen LogP contribution in [-0.2, 0) is 4.74 Å². The second-order valence-electron chi connectivity index (χ2n) is 4.80. The van der Waals surface area contributed by atoms with Gasteiger partial charge in [-0.1, -0.05) is 6.07 Å². The lowest BCUT2D eigenvalue weighted by Gasteiger charge is -2.09. The van der Waals surface area contributed by atoms with Gasteiger partial charge in [-0.25, -0.2) is 0 Å². The molecule has 5 heteroatoms. The summed E-state index contributed by atoms with van der Waals surface area (Å²) in [5.41, 5.74) is 2.45. The molecule has 0 aromatic heterocycles. The summed E-state index contributed by atoms with van der Waals surface area (Å²) in [5, 5.41) is 2.88. The molecule has 0 heterocycles. The van der Waals surface area contributed by atoms with E-state index in [1.165, 1.54) is 0 Å². The zero-order chi connectivity index (χ0) is 15.9. The molecular formula is C17H18BrNO3. The summed E-state index contributed by atoms with van der Waals surface area (Å²) in [6, 6.07) is 12.8. The number of carbonyl (C=O) groups is 1. The topological polar surface area (TPSA) is 47.6 Å². The lowest BCUT2D eigenvalue weighted by Crippen LogP contribution is -2.12. The van der Waals surface area contributed by atoms with Crippen LogP contribution in [0.25, 0.3) is 0 Å². The predicted molar refractivity (Wildman–Crippen MR) is 90.6 cm³/mol. The second-order valence-corrected chi connectivity index (χ2v) is 5.66. The first-order valence-electron chi connectivity index (χ1n) is 6.89. The molecule has 0 radical (unpaired) electrons. The quantitative estimate of drug-likeness (QED) is 0.788. The third-order valence-electron chi connectivity index (χ3n) is 3.05. The molecule has 2 rings (SSSR count). The third-order valence-corrected chi connectivity index (χ3v) is 3.70. The molecule has 0 bridgehead atoms. The minimum absolute atomic E-state index is 0.159. The van der Waals surface area contributed by atoms with Crippen LogP contribution in [0.2, 0.25) is 0 Å². The molecule has 22 heavy (non-hydrogen) atoms. The number of anilines is 1. The van der Waals surface area contributed by atoms with Gasteiger partial charge in [-0.05, 0) is 64.8 Å². The number of halogens is 1. The number of amides is 1. The summed E-state index contributed by atoms with van der Waals surface area (Å²) in [5.74, 6) is 0.554. The fourth-order valence-corrected chi connectivity index (χ4v) is 2.45. The van der Waals surface area contributed by atoms with Gasteiger partial charge in [-0.15, -0.1) is 0 Å². The molecule has 0 spiro atoms. The van der Waals surface area contributed by atoms with E-state index in [4.69, 9.17) is 9.47 Å². The van der Waals surface area contributed by atoms with Gasteiger partial charge >= 0.3 is 0 Å². The molecule has 0 aliphatic rings. The number of benzene rings is 2. The van der Waals surface area contributed by atoms with Gasteiger partial charge in [0.15, 0.2) is 0 Å². The minimum atomic E-state index is -0.159. The maximum Gasteiger partial charge on any atom is 0.255 e. The van der Waals surface area contributed by atoms with Crippen LogP contribution in [0.4, 0.5) is 5.69 Å². The van der Waals surface area contributed by atoms with E-state index in [1.807, 2.05) is 25.1 Å². The van der Waals surface area contributed by atoms with Gasteiger partial charge in [0, 0.05) is 17.1 Å². The normalized spacial score (nSPS) is 10.3. The van der Waals surface area contributed by atoms with E-state index in [-0.39, 0.29) is 5.91 Å². The Morgan fingerprint density at radius 2 is 1.86 bits per heavy atom. The van der Waals surface area contributed by atoms with Crippen LogP contribution in [-0.4, -0.2) is 26.2 Å². The first kappa shape index (κ1) is 16.5. The zero-order valence-corrected chi connectivity index (χ0v) is 14.1. The number of hydrogen-bond donors (Lipinski definition) is 1. The maximum absolute atomic E-state index is 12.2. The molecule has 0 aliphatic heterocycles. The Bertz CT molecular complexity index is 641. The average Bonchev–Trinajstić information content (AvgIpc) is 2.51. The summed E-state index contributed by atoms with van der Waals surface area (Å²) in [6.45, 7) is 3.01. The number of hydrogen-bond acceptors (Lipinski definition) is 3. The molecule has 2 aromatic rings. The van der Waals surface area contributed by atoms with Crippen molar-refractivity contribution in [2.75, 3.05) is 25.6 Å². The summed E-state index contributed by atoms with van der Waals surface area (Å²) >= 11 is 3.45. The number of carbonyl (C=O) groups excluding carboxylic acids is 1. The number of methoxy groups -OCH3 is 1. The zero-order valence-electron chi connectivity index (χ0n) is 12.6. The second kappa shape index (κ2) is 7.96. The highest BCUT2D eigenvalue weighted by molar-refractivity contribution is 9.10. The van der Waals surface area contributed by atoms with E-state index in [0.717, 1.165) is 15.7 Å². The SMILES string of the molecule is COCCOc1ccc(C(=O)Nc2ccc(C)cc2Br)cc1. The summed E-state index contributed by atoms with van der Waals surface area (Å²) in [6.07, 6.45) is 0. The van der Waals surface area contributed by atoms with Crippen LogP contribution in [0.1, 0.15) is 15.9 Å². The van der Waals surface area contributed by atoms with E-state index < -0.39 is 0 Å². The van der Waals surface area contributed by atoms with E-state index in [9.17, 15) is 4.79 Å². The van der Waals surface area contributed by atoms with Crippen molar-refractivity contribution in [3.05, 3.63) is 58.1 Å². The molecule has 116 valence electrons. The first-order chi connectivity index (χ1) is 10.6. The molecule has 0 fully saturated rings. The Kier molecular flexibility index (Phi) is 5.98. The van der Waals surface area contributed by atoms with Gasteiger partial charge in [-0.2, -0.15) is 0 Å². The van der Waals surface area contributed by atoms with Crippen molar-refractivity contribution in [3.63, 3.8) is 0 Å². The molecule has 0 atom stereocenters. The molecule has 1 amide bonds. The Hall–Kier alpha value is -1.85. The molecular weight excluding hydrogens is 346 g/mol. The van der Waals surface area contributed by atoms with Gasteiger partial charge in [0.2, 0.25) is 0 Å². The highest BCUT2D eigenvalue weighted by atomic mass is 79.9. The van der Waals surface area contributed by atoms with Gasteiger partial charge in [-0.3, -0.25) is 4.79 Å². The first-order valence-corrected chi connectivity index (χ1v) is 7.69. The number of rotatable bonds is 6. The summed E-state index contributed by atoms with van der Waals surface area (Å²) in [7, 11) is 1.63. The molecule has 0 saturated carbocycles. The highest BCUT2D eigenvalue weighted by Gasteiger charge is 2.08. The molecule has 0 unspecified atom stereocenters. The third kappa shape index (κ3) is 4.58. The van der Waals surface area contributed by atoms with Gasteiger partial charge < -0.3 is 14.8 Å². The predicted octanol–water partition coefficient (Wildman–Crippen LogP) is 4.04. The van der Waals surface area contributed by atoms with E-state index in [0.29, 0.717) is 24.5 Å². The van der Waals surface area contributed by atoms with E-state index >= 15 is 0 Å². The molecule has 0 saturated heterocycles. The molecule has 4 nitrogen and oxygen atoms in total. The van der Waals surface area contributed by atoms with Crippen molar-refractivity contribution < 1.29 is 14.3 Å². The van der Waals surface area contributed by atoms with Gasteiger partial charge in [0.1, 0.15) is 12.4 Å². The summed E-state index contributed by atoms with van der Waals surface area (Å²) < 4.78 is 11.2. The Balaban J connectivity index is 2.00. The van der Waals surface area contributed by atoms with Gasteiger partial charge in [0.05, 0.1) is 12.3 Å². The fraction of sp³-hybridized carbons (Fsp3) is 0.235. The number of ether oxygens (including phenoxy) is 2.